The van der Waals surface area contributed by atoms with Gasteiger partial charge in [0.25, 0.3) is 0 Å². The molecule has 0 aromatic rings. The fourth-order valence-electron chi connectivity index (χ4n) is 8.59. The Bertz CT molecular complexity index is 1050. The van der Waals surface area contributed by atoms with E-state index in [1.807, 2.05) is 0 Å². The highest BCUT2D eigenvalue weighted by Crippen LogP contribution is 2.17. The molecule has 0 aliphatic rings. The highest BCUT2D eigenvalue weighted by molar-refractivity contribution is 5.71. The van der Waals surface area contributed by atoms with Crippen molar-refractivity contribution in [2.45, 2.75) is 322 Å². The van der Waals surface area contributed by atoms with Crippen molar-refractivity contribution in [2.24, 2.45) is 0 Å². The molecule has 0 aliphatic heterocycles. The van der Waals surface area contributed by atoms with Gasteiger partial charge < -0.3 is 14.2 Å². The Labute approximate surface area is 404 Å². The number of hydrogen-bond acceptors (Lipinski definition) is 6. The second-order valence-corrected chi connectivity index (χ2v) is 19.6. The van der Waals surface area contributed by atoms with Crippen LogP contribution in [0.2, 0.25) is 0 Å². The number of allylic oxidation sites excluding steroid dienone is 4. The number of carbonyl (C=O) groups is 3. The average molecular weight is 916 g/mol. The monoisotopic (exact) mass is 915 g/mol. The molecule has 65 heavy (non-hydrogen) atoms. The lowest BCUT2D eigenvalue weighted by molar-refractivity contribution is -0.167. The van der Waals surface area contributed by atoms with E-state index >= 15 is 0 Å². The van der Waals surface area contributed by atoms with E-state index in [1.54, 1.807) is 0 Å². The van der Waals surface area contributed by atoms with Crippen molar-refractivity contribution in [2.75, 3.05) is 13.2 Å². The van der Waals surface area contributed by atoms with Crippen LogP contribution in [-0.2, 0) is 28.6 Å². The Morgan fingerprint density at radius 2 is 0.554 bits per heavy atom. The average Bonchev–Trinajstić information content (AvgIpc) is 3.30. The van der Waals surface area contributed by atoms with Gasteiger partial charge in [-0.05, 0) is 51.4 Å². The first-order valence-corrected chi connectivity index (χ1v) is 28.8. The van der Waals surface area contributed by atoms with Gasteiger partial charge in [0.2, 0.25) is 0 Å². The van der Waals surface area contributed by atoms with E-state index in [0.29, 0.717) is 19.3 Å². The molecule has 0 amide bonds. The Balaban J connectivity index is 4.21. The predicted octanol–water partition coefficient (Wildman–Crippen LogP) is 19.1. The largest absolute Gasteiger partial charge is 0.462 e. The predicted molar refractivity (Wildman–Crippen MR) is 279 cm³/mol. The summed E-state index contributed by atoms with van der Waals surface area (Å²) in [7, 11) is 0. The van der Waals surface area contributed by atoms with Gasteiger partial charge in [0.15, 0.2) is 6.10 Å². The summed E-state index contributed by atoms with van der Waals surface area (Å²) in [4.78, 5) is 38.0. The third-order valence-corrected chi connectivity index (χ3v) is 13.0. The van der Waals surface area contributed by atoms with Gasteiger partial charge in [-0.15, -0.1) is 0 Å². The van der Waals surface area contributed by atoms with E-state index in [4.69, 9.17) is 14.2 Å². The van der Waals surface area contributed by atoms with E-state index in [1.165, 1.54) is 212 Å². The number of unbranched alkanes of at least 4 members (excludes halogenated alkanes) is 38. The molecular formula is C59H110O6. The molecule has 0 saturated heterocycles. The second-order valence-electron chi connectivity index (χ2n) is 19.6. The number of rotatable bonds is 53. The molecule has 0 saturated carbocycles. The van der Waals surface area contributed by atoms with Gasteiger partial charge in [0.05, 0.1) is 0 Å². The Hall–Kier alpha value is -2.11. The summed E-state index contributed by atoms with van der Waals surface area (Å²) < 4.78 is 16.8. The van der Waals surface area contributed by atoms with E-state index in [2.05, 4.69) is 45.1 Å². The van der Waals surface area contributed by atoms with Crippen LogP contribution in [-0.4, -0.2) is 37.2 Å². The van der Waals surface area contributed by atoms with E-state index in [9.17, 15) is 14.4 Å². The molecule has 0 N–H and O–H groups in total. The van der Waals surface area contributed by atoms with Gasteiger partial charge in [-0.1, -0.05) is 270 Å². The minimum absolute atomic E-state index is 0.0663. The summed E-state index contributed by atoms with van der Waals surface area (Å²) in [5, 5.41) is 0. The third kappa shape index (κ3) is 52.7. The van der Waals surface area contributed by atoms with Crippen LogP contribution in [0.5, 0.6) is 0 Å². The molecule has 0 aromatic heterocycles. The molecule has 0 aromatic carbocycles. The fraction of sp³-hybridized carbons (Fsp3) is 0.881. The van der Waals surface area contributed by atoms with Crippen LogP contribution in [0.1, 0.15) is 316 Å². The maximum Gasteiger partial charge on any atom is 0.306 e. The highest BCUT2D eigenvalue weighted by Gasteiger charge is 2.19. The maximum absolute atomic E-state index is 12.8. The summed E-state index contributed by atoms with van der Waals surface area (Å²) in [5.41, 5.74) is 0. The van der Waals surface area contributed by atoms with Crippen molar-refractivity contribution >= 4 is 17.9 Å². The van der Waals surface area contributed by atoms with Crippen LogP contribution in [0.3, 0.4) is 0 Å². The van der Waals surface area contributed by atoms with Gasteiger partial charge in [-0.2, -0.15) is 0 Å². The minimum atomic E-state index is -0.765. The van der Waals surface area contributed by atoms with Crippen LogP contribution in [0, 0.1) is 0 Å². The van der Waals surface area contributed by atoms with Crippen molar-refractivity contribution < 1.29 is 28.6 Å². The first-order chi connectivity index (χ1) is 32.0. The van der Waals surface area contributed by atoms with Crippen LogP contribution < -0.4 is 0 Å². The molecule has 382 valence electrons. The van der Waals surface area contributed by atoms with Gasteiger partial charge in [-0.3, -0.25) is 14.4 Å². The first-order valence-electron chi connectivity index (χ1n) is 28.8. The van der Waals surface area contributed by atoms with Gasteiger partial charge in [-0.25, -0.2) is 0 Å². The summed E-state index contributed by atoms with van der Waals surface area (Å²) in [6.45, 7) is 6.66. The fourth-order valence-corrected chi connectivity index (χ4v) is 8.59. The molecule has 0 aliphatic carbocycles. The zero-order chi connectivity index (χ0) is 47.2. The van der Waals surface area contributed by atoms with Gasteiger partial charge >= 0.3 is 17.9 Å². The molecular weight excluding hydrogens is 805 g/mol. The Kier molecular flexibility index (Phi) is 52.7. The number of esters is 3. The van der Waals surface area contributed by atoms with Gasteiger partial charge in [0.1, 0.15) is 13.2 Å². The lowest BCUT2D eigenvalue weighted by Crippen LogP contribution is -2.30. The molecule has 0 rings (SSSR count). The second kappa shape index (κ2) is 54.5. The quantitative estimate of drug-likeness (QED) is 0.0262. The summed E-state index contributed by atoms with van der Waals surface area (Å²) in [6.07, 6.45) is 63.2. The minimum Gasteiger partial charge on any atom is -0.462 e. The zero-order valence-corrected chi connectivity index (χ0v) is 43.8. The van der Waals surface area contributed by atoms with Crippen LogP contribution in [0.4, 0.5) is 0 Å². The summed E-state index contributed by atoms with van der Waals surface area (Å²) in [5.74, 6) is -0.851. The van der Waals surface area contributed by atoms with Crippen LogP contribution in [0.15, 0.2) is 24.3 Å². The van der Waals surface area contributed by atoms with E-state index in [-0.39, 0.29) is 31.1 Å². The maximum atomic E-state index is 12.8. The van der Waals surface area contributed by atoms with Crippen molar-refractivity contribution in [3.05, 3.63) is 24.3 Å². The van der Waals surface area contributed by atoms with Crippen LogP contribution >= 0.6 is 0 Å². The van der Waals surface area contributed by atoms with Crippen molar-refractivity contribution in [3.8, 4) is 0 Å². The molecule has 1 unspecified atom stereocenters. The zero-order valence-electron chi connectivity index (χ0n) is 43.8. The molecule has 6 nitrogen and oxygen atoms in total. The third-order valence-electron chi connectivity index (χ3n) is 13.0. The number of hydrogen-bond donors (Lipinski definition) is 0. The van der Waals surface area contributed by atoms with Crippen molar-refractivity contribution in [3.63, 3.8) is 0 Å². The summed E-state index contributed by atoms with van der Waals surface area (Å²) >= 11 is 0. The number of ether oxygens (including phenoxy) is 3. The molecule has 6 heteroatoms. The lowest BCUT2D eigenvalue weighted by atomic mass is 10.0. The molecule has 1 atom stereocenters. The van der Waals surface area contributed by atoms with E-state index < -0.39 is 6.10 Å². The number of carbonyl (C=O) groups excluding carboxylic acids is 3. The standard InChI is InChI=1S/C59H110O6/c1-4-7-10-13-16-19-22-24-26-27-28-29-30-31-32-33-34-36-37-40-43-46-49-52-58(61)64-55-56(54-63-57(60)51-48-45-42-39-21-18-15-12-9-6-3)65-59(62)53-50-47-44-41-38-35-25-23-20-17-14-11-8-5-2/h22,24,27-28,56H,4-21,23,25-26,29-55H2,1-3H3/b24-22-,28-27-. The summed E-state index contributed by atoms with van der Waals surface area (Å²) in [6, 6.07) is 0. The molecule has 0 heterocycles. The Morgan fingerprint density at radius 1 is 0.308 bits per heavy atom. The topological polar surface area (TPSA) is 78.9 Å². The molecule has 0 spiro atoms. The lowest BCUT2D eigenvalue weighted by Gasteiger charge is -2.18. The first kappa shape index (κ1) is 62.9. The SMILES string of the molecule is CCCCCCC/C=C\C/C=C\CCCCCCCCCCCCCC(=O)OCC(COC(=O)CCCCCCCCCCCC)OC(=O)CCCCCCCCCCCCCCCC. The highest BCUT2D eigenvalue weighted by atomic mass is 16.6. The van der Waals surface area contributed by atoms with Crippen LogP contribution in [0.25, 0.3) is 0 Å². The molecule has 0 fully saturated rings. The normalized spacial score (nSPS) is 12.1. The van der Waals surface area contributed by atoms with Crippen molar-refractivity contribution in [1.82, 2.24) is 0 Å². The smallest absolute Gasteiger partial charge is 0.306 e. The Morgan fingerprint density at radius 3 is 0.846 bits per heavy atom. The molecule has 0 radical (unpaired) electrons. The van der Waals surface area contributed by atoms with Gasteiger partial charge in [0, 0.05) is 19.3 Å². The van der Waals surface area contributed by atoms with Crippen molar-refractivity contribution in [1.29, 1.82) is 0 Å². The molecule has 0 bridgehead atoms. The van der Waals surface area contributed by atoms with E-state index in [0.717, 1.165) is 64.2 Å².